The van der Waals surface area contributed by atoms with E-state index < -0.39 is 0 Å². The molecule has 0 aliphatic carbocycles. The van der Waals surface area contributed by atoms with Gasteiger partial charge >= 0.3 is 0 Å². The first-order chi connectivity index (χ1) is 8.29. The first-order valence-electron chi connectivity index (χ1n) is 6.88. The Labute approximate surface area is 105 Å². The van der Waals surface area contributed by atoms with Gasteiger partial charge in [0.15, 0.2) is 0 Å². The van der Waals surface area contributed by atoms with Crippen LogP contribution in [0.25, 0.3) is 0 Å². The Morgan fingerprint density at radius 1 is 1.29 bits per heavy atom. The van der Waals surface area contributed by atoms with Crippen LogP contribution in [0.1, 0.15) is 39.5 Å². The van der Waals surface area contributed by atoms with Gasteiger partial charge in [0, 0.05) is 18.3 Å². The Kier molecular flexibility index (Phi) is 4.43. The van der Waals surface area contributed by atoms with Crippen LogP contribution in [-0.2, 0) is 0 Å². The minimum atomic E-state index is 0.698. The van der Waals surface area contributed by atoms with Crippen molar-refractivity contribution in [2.24, 2.45) is 5.92 Å². The normalized spacial score (nSPS) is 25.8. The summed E-state index contributed by atoms with van der Waals surface area (Å²) in [4.78, 5) is 0. The number of piperidine rings is 1. The molecule has 1 saturated heterocycles. The zero-order valence-electron chi connectivity index (χ0n) is 11.0. The summed E-state index contributed by atoms with van der Waals surface area (Å²) in [7, 11) is 0. The van der Waals surface area contributed by atoms with Gasteiger partial charge in [0.1, 0.15) is 0 Å². The Hall–Kier alpha value is -1.02. The second-order valence-corrected chi connectivity index (χ2v) is 5.24. The molecule has 0 saturated carbocycles. The van der Waals surface area contributed by atoms with Crippen LogP contribution in [0.5, 0.6) is 0 Å². The van der Waals surface area contributed by atoms with Crippen LogP contribution in [0.3, 0.4) is 0 Å². The van der Waals surface area contributed by atoms with Gasteiger partial charge in [-0.05, 0) is 37.3 Å². The molecule has 1 aromatic rings. The molecule has 0 bridgehead atoms. The van der Waals surface area contributed by atoms with Crippen molar-refractivity contribution in [1.29, 1.82) is 0 Å². The second kappa shape index (κ2) is 6.06. The Bertz CT molecular complexity index is 323. The lowest BCUT2D eigenvalue weighted by Gasteiger charge is -2.39. The van der Waals surface area contributed by atoms with Crippen LogP contribution >= 0.6 is 0 Å². The van der Waals surface area contributed by atoms with Gasteiger partial charge in [0.25, 0.3) is 0 Å². The van der Waals surface area contributed by atoms with Crippen LogP contribution in [-0.4, -0.2) is 17.6 Å². The SMILES string of the molecule is CCC[C@H]1C[C@@H](C)CCN1Nc1ccccc1. The molecule has 0 spiro atoms. The molecule has 2 atom stereocenters. The van der Waals surface area contributed by atoms with Crippen LogP contribution in [0.4, 0.5) is 5.69 Å². The molecule has 1 aliphatic heterocycles. The van der Waals surface area contributed by atoms with Crippen LogP contribution in [0.2, 0.25) is 0 Å². The molecule has 0 aromatic heterocycles. The fourth-order valence-electron chi connectivity index (χ4n) is 2.68. The van der Waals surface area contributed by atoms with E-state index in [2.05, 4.69) is 54.6 Å². The first kappa shape index (κ1) is 12.4. The third-order valence-electron chi connectivity index (χ3n) is 3.65. The highest BCUT2D eigenvalue weighted by atomic mass is 15.5. The molecule has 1 heterocycles. The summed E-state index contributed by atoms with van der Waals surface area (Å²) in [6.45, 7) is 5.82. The Morgan fingerprint density at radius 2 is 2.06 bits per heavy atom. The average molecular weight is 232 g/mol. The number of anilines is 1. The molecule has 2 nitrogen and oxygen atoms in total. The van der Waals surface area contributed by atoms with Crippen LogP contribution in [0.15, 0.2) is 30.3 Å². The van der Waals surface area contributed by atoms with Crippen molar-refractivity contribution < 1.29 is 0 Å². The van der Waals surface area contributed by atoms with Crippen molar-refractivity contribution >= 4 is 5.69 Å². The molecule has 17 heavy (non-hydrogen) atoms. The molecule has 0 unspecified atom stereocenters. The van der Waals surface area contributed by atoms with Gasteiger partial charge in [-0.2, -0.15) is 0 Å². The molecule has 1 aromatic carbocycles. The van der Waals surface area contributed by atoms with Crippen LogP contribution < -0.4 is 5.43 Å². The number of benzene rings is 1. The predicted octanol–water partition coefficient (Wildman–Crippen LogP) is 3.91. The minimum Gasteiger partial charge on any atom is -0.319 e. The van der Waals surface area contributed by atoms with Gasteiger partial charge in [-0.15, -0.1) is 0 Å². The van der Waals surface area contributed by atoms with E-state index in [0.29, 0.717) is 6.04 Å². The minimum absolute atomic E-state index is 0.698. The quantitative estimate of drug-likeness (QED) is 0.846. The zero-order chi connectivity index (χ0) is 12.1. The molecule has 0 radical (unpaired) electrons. The number of hydrazine groups is 1. The maximum absolute atomic E-state index is 3.57. The molecule has 1 fully saturated rings. The van der Waals surface area contributed by atoms with E-state index in [1.807, 2.05) is 0 Å². The summed E-state index contributed by atoms with van der Waals surface area (Å²) in [5.41, 5.74) is 4.78. The zero-order valence-corrected chi connectivity index (χ0v) is 11.0. The predicted molar refractivity (Wildman–Crippen MR) is 73.9 cm³/mol. The summed E-state index contributed by atoms with van der Waals surface area (Å²) in [6, 6.07) is 11.2. The fourth-order valence-corrected chi connectivity index (χ4v) is 2.68. The largest absolute Gasteiger partial charge is 0.319 e. The molecular weight excluding hydrogens is 208 g/mol. The monoisotopic (exact) mass is 232 g/mol. The number of hydrogen-bond donors (Lipinski definition) is 1. The Balaban J connectivity index is 1.98. The van der Waals surface area contributed by atoms with E-state index in [9.17, 15) is 0 Å². The third kappa shape index (κ3) is 3.47. The molecule has 2 rings (SSSR count). The maximum Gasteiger partial charge on any atom is 0.0490 e. The lowest BCUT2D eigenvalue weighted by molar-refractivity contribution is 0.139. The summed E-state index contributed by atoms with van der Waals surface area (Å²) in [6.07, 6.45) is 5.20. The lowest BCUT2D eigenvalue weighted by atomic mass is 9.91. The molecule has 0 amide bonds. The van der Waals surface area contributed by atoms with Crippen molar-refractivity contribution in [3.63, 3.8) is 0 Å². The average Bonchev–Trinajstić information content (AvgIpc) is 2.34. The fraction of sp³-hybridized carbons (Fsp3) is 0.600. The van der Waals surface area contributed by atoms with E-state index in [4.69, 9.17) is 0 Å². The van der Waals surface area contributed by atoms with Crippen molar-refractivity contribution in [1.82, 2.24) is 5.01 Å². The number of nitrogens with zero attached hydrogens (tertiary/aromatic N) is 1. The molecule has 1 aliphatic rings. The van der Waals surface area contributed by atoms with Gasteiger partial charge in [-0.25, -0.2) is 5.01 Å². The van der Waals surface area contributed by atoms with E-state index >= 15 is 0 Å². The summed E-state index contributed by atoms with van der Waals surface area (Å²) < 4.78 is 0. The second-order valence-electron chi connectivity index (χ2n) is 5.24. The standard InChI is InChI=1S/C15H24N2/c1-3-7-15-12-13(2)10-11-17(15)16-14-8-5-4-6-9-14/h4-6,8-9,13,15-16H,3,7,10-12H2,1-2H3/t13-,15-/m0/s1. The molecule has 1 N–H and O–H groups in total. The first-order valence-corrected chi connectivity index (χ1v) is 6.88. The highest BCUT2D eigenvalue weighted by molar-refractivity contribution is 5.41. The summed E-state index contributed by atoms with van der Waals surface area (Å²) in [5.74, 6) is 0.875. The number of hydrogen-bond acceptors (Lipinski definition) is 2. The van der Waals surface area contributed by atoms with E-state index in [-0.39, 0.29) is 0 Å². The molecule has 2 heteroatoms. The maximum atomic E-state index is 3.57. The highest BCUT2D eigenvalue weighted by Crippen LogP contribution is 2.25. The topological polar surface area (TPSA) is 15.3 Å². The van der Waals surface area contributed by atoms with Gasteiger partial charge in [0.2, 0.25) is 0 Å². The van der Waals surface area contributed by atoms with Crippen LogP contribution in [0, 0.1) is 5.92 Å². The van der Waals surface area contributed by atoms with E-state index in [1.54, 1.807) is 0 Å². The van der Waals surface area contributed by atoms with Crippen molar-refractivity contribution in [3.05, 3.63) is 30.3 Å². The van der Waals surface area contributed by atoms with Gasteiger partial charge < -0.3 is 5.43 Å². The smallest absolute Gasteiger partial charge is 0.0490 e. The molecule has 94 valence electrons. The van der Waals surface area contributed by atoms with Crippen molar-refractivity contribution in [3.8, 4) is 0 Å². The molecular formula is C15H24N2. The van der Waals surface area contributed by atoms with Gasteiger partial charge in [-0.3, -0.25) is 0 Å². The Morgan fingerprint density at radius 3 is 2.76 bits per heavy atom. The number of para-hydroxylation sites is 1. The lowest BCUT2D eigenvalue weighted by Crippen LogP contribution is -2.45. The number of nitrogens with one attached hydrogen (secondary N) is 1. The highest BCUT2D eigenvalue weighted by Gasteiger charge is 2.25. The van der Waals surface area contributed by atoms with E-state index in [1.165, 1.54) is 37.9 Å². The summed E-state index contributed by atoms with van der Waals surface area (Å²) >= 11 is 0. The number of rotatable bonds is 4. The van der Waals surface area contributed by atoms with Crippen molar-refractivity contribution in [2.45, 2.75) is 45.6 Å². The van der Waals surface area contributed by atoms with Crippen molar-refractivity contribution in [2.75, 3.05) is 12.0 Å². The summed E-state index contributed by atoms with van der Waals surface area (Å²) in [5, 5.41) is 2.44. The van der Waals surface area contributed by atoms with Gasteiger partial charge in [0.05, 0.1) is 0 Å². The van der Waals surface area contributed by atoms with E-state index in [0.717, 1.165) is 5.92 Å². The van der Waals surface area contributed by atoms with Gasteiger partial charge in [-0.1, -0.05) is 38.5 Å². The third-order valence-corrected chi connectivity index (χ3v) is 3.65.